The van der Waals surface area contributed by atoms with Crippen LogP contribution in [0, 0.1) is 6.92 Å². The predicted molar refractivity (Wildman–Crippen MR) is 97.6 cm³/mol. The molecule has 2 aromatic heterocycles. The number of thiophene rings is 1. The number of nitrogens with one attached hydrogen (secondary N) is 1. The minimum atomic E-state index is -3.71. The normalized spacial score (nSPS) is 12.9. The second-order valence-corrected chi connectivity index (χ2v) is 8.24. The molecule has 0 bridgehead atoms. The molecule has 3 rings (SSSR count). The van der Waals surface area contributed by atoms with Crippen LogP contribution in [0.25, 0.3) is 0 Å². The van der Waals surface area contributed by atoms with Gasteiger partial charge in [0.2, 0.25) is 10.0 Å². The van der Waals surface area contributed by atoms with E-state index in [1.807, 2.05) is 42.8 Å². The topological polar surface area (TPSA) is 73.2 Å². The van der Waals surface area contributed by atoms with Gasteiger partial charge in [-0.05, 0) is 42.1 Å². The summed E-state index contributed by atoms with van der Waals surface area (Å²) >= 11 is 1.57. The van der Waals surface area contributed by atoms with E-state index in [0.717, 1.165) is 10.4 Å². The van der Waals surface area contributed by atoms with Gasteiger partial charge in [-0.2, -0.15) is 5.10 Å². The zero-order valence-electron chi connectivity index (χ0n) is 13.9. The number of nitrogens with zero attached hydrogens (tertiary/aromatic N) is 2. The molecule has 1 aromatic carbocycles. The lowest BCUT2D eigenvalue weighted by Crippen LogP contribution is -2.31. The molecular weight excluding hydrogens is 358 g/mol. The molecule has 1 atom stereocenters. The number of hydrogen-bond acceptors (Lipinski definition) is 5. The summed E-state index contributed by atoms with van der Waals surface area (Å²) in [4.78, 5) is 1.17. The maximum atomic E-state index is 12.8. The van der Waals surface area contributed by atoms with Gasteiger partial charge in [-0.15, -0.1) is 11.3 Å². The largest absolute Gasteiger partial charge is 0.495 e. The molecule has 25 heavy (non-hydrogen) atoms. The van der Waals surface area contributed by atoms with E-state index >= 15 is 0 Å². The van der Waals surface area contributed by atoms with E-state index in [2.05, 4.69) is 9.82 Å². The van der Waals surface area contributed by atoms with Crippen molar-refractivity contribution in [2.24, 2.45) is 0 Å². The first kappa shape index (κ1) is 17.7. The van der Waals surface area contributed by atoms with Gasteiger partial charge >= 0.3 is 0 Å². The van der Waals surface area contributed by atoms with Crippen LogP contribution in [0.2, 0.25) is 0 Å². The van der Waals surface area contributed by atoms with Crippen LogP contribution >= 0.6 is 11.3 Å². The van der Waals surface area contributed by atoms with E-state index in [9.17, 15) is 8.42 Å². The quantitative estimate of drug-likeness (QED) is 0.687. The number of aromatic nitrogens is 2. The standard InChI is InChI=1S/C17H19N3O3S2/c1-13-6-7-15(23-2)17(11-13)25(21,22)19-12-14(16-5-3-10-24-16)20-9-4-8-18-20/h3-11,14,19H,12H2,1-2H3. The molecule has 0 aliphatic heterocycles. The van der Waals surface area contributed by atoms with Crippen LogP contribution in [0.3, 0.4) is 0 Å². The van der Waals surface area contributed by atoms with Crippen molar-refractivity contribution in [1.82, 2.24) is 14.5 Å². The Kier molecular flexibility index (Phi) is 5.22. The highest BCUT2D eigenvalue weighted by Crippen LogP contribution is 2.26. The molecule has 0 saturated carbocycles. The highest BCUT2D eigenvalue weighted by Gasteiger charge is 2.23. The van der Waals surface area contributed by atoms with E-state index < -0.39 is 10.0 Å². The summed E-state index contributed by atoms with van der Waals surface area (Å²) in [6.45, 7) is 2.04. The number of hydrogen-bond donors (Lipinski definition) is 1. The Morgan fingerprint density at radius 2 is 2.16 bits per heavy atom. The minimum Gasteiger partial charge on any atom is -0.495 e. The van der Waals surface area contributed by atoms with Crippen LogP contribution < -0.4 is 9.46 Å². The Morgan fingerprint density at radius 1 is 1.32 bits per heavy atom. The summed E-state index contributed by atoms with van der Waals surface area (Å²) in [6.07, 6.45) is 3.50. The fourth-order valence-corrected chi connectivity index (χ4v) is 4.64. The summed E-state index contributed by atoms with van der Waals surface area (Å²) in [5, 5.41) is 6.22. The number of sulfonamides is 1. The maximum Gasteiger partial charge on any atom is 0.244 e. The van der Waals surface area contributed by atoms with Gasteiger partial charge in [0.15, 0.2) is 0 Å². The lowest BCUT2D eigenvalue weighted by molar-refractivity contribution is 0.402. The van der Waals surface area contributed by atoms with Crippen LogP contribution in [0.4, 0.5) is 0 Å². The number of benzene rings is 1. The summed E-state index contributed by atoms with van der Waals surface area (Å²) in [5.74, 6) is 0.324. The molecule has 0 amide bonds. The monoisotopic (exact) mass is 377 g/mol. The molecule has 132 valence electrons. The molecule has 1 N–H and O–H groups in total. The Labute approximate surface area is 151 Å². The molecule has 0 spiro atoms. The van der Waals surface area contributed by atoms with Crippen LogP contribution in [-0.4, -0.2) is 31.9 Å². The molecule has 0 radical (unpaired) electrons. The van der Waals surface area contributed by atoms with Crippen molar-refractivity contribution < 1.29 is 13.2 Å². The molecule has 0 fully saturated rings. The Balaban J connectivity index is 1.87. The van der Waals surface area contributed by atoms with Crippen molar-refractivity contribution in [2.75, 3.05) is 13.7 Å². The third-order valence-corrected chi connectivity index (χ3v) is 6.21. The Hall–Kier alpha value is -2.16. The minimum absolute atomic E-state index is 0.139. The van der Waals surface area contributed by atoms with Crippen molar-refractivity contribution in [2.45, 2.75) is 17.9 Å². The summed E-state index contributed by atoms with van der Waals surface area (Å²) < 4.78 is 35.2. The van der Waals surface area contributed by atoms with Gasteiger partial charge in [0.05, 0.1) is 13.2 Å². The fraction of sp³-hybridized carbons (Fsp3) is 0.235. The molecule has 0 saturated heterocycles. The number of ether oxygens (including phenoxy) is 1. The van der Waals surface area contributed by atoms with E-state index in [-0.39, 0.29) is 17.5 Å². The Morgan fingerprint density at radius 3 is 2.80 bits per heavy atom. The zero-order chi connectivity index (χ0) is 17.9. The van der Waals surface area contributed by atoms with Gasteiger partial charge in [-0.25, -0.2) is 13.1 Å². The average molecular weight is 377 g/mol. The molecule has 0 aliphatic rings. The summed E-state index contributed by atoms with van der Waals surface area (Å²) in [6, 6.07) is 10.6. The summed E-state index contributed by atoms with van der Waals surface area (Å²) in [5.41, 5.74) is 0.850. The van der Waals surface area contributed by atoms with E-state index in [0.29, 0.717) is 5.75 Å². The summed E-state index contributed by atoms with van der Waals surface area (Å²) in [7, 11) is -2.25. The number of aryl methyl sites for hydroxylation is 1. The smallest absolute Gasteiger partial charge is 0.244 e. The second-order valence-electron chi connectivity index (χ2n) is 5.52. The number of rotatable bonds is 7. The lowest BCUT2D eigenvalue weighted by atomic mass is 10.2. The van der Waals surface area contributed by atoms with Crippen molar-refractivity contribution in [3.05, 3.63) is 64.6 Å². The maximum absolute atomic E-state index is 12.8. The van der Waals surface area contributed by atoms with E-state index in [1.54, 1.807) is 34.3 Å². The SMILES string of the molecule is COc1ccc(C)cc1S(=O)(=O)NCC(c1cccs1)n1cccn1. The van der Waals surface area contributed by atoms with Crippen molar-refractivity contribution in [3.8, 4) is 5.75 Å². The van der Waals surface area contributed by atoms with E-state index in [4.69, 9.17) is 4.74 Å². The first-order chi connectivity index (χ1) is 12.0. The molecule has 0 aliphatic carbocycles. The van der Waals surface area contributed by atoms with Crippen molar-refractivity contribution in [1.29, 1.82) is 0 Å². The first-order valence-electron chi connectivity index (χ1n) is 7.68. The van der Waals surface area contributed by atoms with Crippen LogP contribution in [0.1, 0.15) is 16.5 Å². The highest BCUT2D eigenvalue weighted by molar-refractivity contribution is 7.89. The lowest BCUT2D eigenvalue weighted by Gasteiger charge is -2.18. The van der Waals surface area contributed by atoms with Gasteiger partial charge in [0, 0.05) is 23.8 Å². The molecule has 2 heterocycles. The van der Waals surface area contributed by atoms with Gasteiger partial charge in [0.1, 0.15) is 10.6 Å². The third-order valence-electron chi connectivity index (χ3n) is 3.79. The molecule has 8 heteroatoms. The number of methoxy groups -OCH3 is 1. The van der Waals surface area contributed by atoms with Gasteiger partial charge in [-0.1, -0.05) is 12.1 Å². The Bertz CT molecular complexity index is 886. The second kappa shape index (κ2) is 7.38. The predicted octanol–water partition coefficient (Wildman–Crippen LogP) is 2.83. The van der Waals surface area contributed by atoms with Gasteiger partial charge < -0.3 is 4.74 Å². The first-order valence-corrected chi connectivity index (χ1v) is 10.0. The molecule has 6 nitrogen and oxygen atoms in total. The molecular formula is C17H19N3O3S2. The van der Waals surface area contributed by atoms with Crippen molar-refractivity contribution >= 4 is 21.4 Å². The highest BCUT2D eigenvalue weighted by atomic mass is 32.2. The van der Waals surface area contributed by atoms with Gasteiger partial charge in [-0.3, -0.25) is 4.68 Å². The molecule has 1 unspecified atom stereocenters. The van der Waals surface area contributed by atoms with Crippen molar-refractivity contribution in [3.63, 3.8) is 0 Å². The average Bonchev–Trinajstić information content (AvgIpc) is 3.29. The molecule has 3 aromatic rings. The van der Waals surface area contributed by atoms with E-state index in [1.165, 1.54) is 7.11 Å². The van der Waals surface area contributed by atoms with Crippen LogP contribution in [0.15, 0.2) is 59.1 Å². The van der Waals surface area contributed by atoms with Crippen LogP contribution in [-0.2, 0) is 10.0 Å². The fourth-order valence-electron chi connectivity index (χ4n) is 2.53. The van der Waals surface area contributed by atoms with Crippen LogP contribution in [0.5, 0.6) is 5.75 Å². The third kappa shape index (κ3) is 3.92. The zero-order valence-corrected chi connectivity index (χ0v) is 15.5. The van der Waals surface area contributed by atoms with Gasteiger partial charge in [0.25, 0.3) is 0 Å².